The maximum atomic E-state index is 2.40. The molecular formula is C10H24P2. The van der Waals surface area contributed by atoms with Crippen LogP contribution in [0.1, 0.15) is 48.5 Å². The molecule has 0 heterocycles. The van der Waals surface area contributed by atoms with Gasteiger partial charge in [-0.15, -0.1) is 17.2 Å². The van der Waals surface area contributed by atoms with Crippen LogP contribution in [0.3, 0.4) is 0 Å². The minimum absolute atomic E-state index is 0.525. The van der Waals surface area contributed by atoms with E-state index in [1.54, 1.807) is 0 Å². The first-order valence-corrected chi connectivity index (χ1v) is 6.81. The van der Waals surface area contributed by atoms with E-state index in [1.165, 1.54) is 0 Å². The van der Waals surface area contributed by atoms with Gasteiger partial charge in [0.05, 0.1) is 0 Å². The summed E-state index contributed by atoms with van der Waals surface area (Å²) in [5.41, 5.74) is 0. The van der Waals surface area contributed by atoms with Crippen LogP contribution in [0.4, 0.5) is 0 Å². The molecule has 0 fully saturated rings. The Labute approximate surface area is 81.9 Å². The Kier molecular flexibility index (Phi) is 4.70. The maximum absolute atomic E-state index is 2.40. The summed E-state index contributed by atoms with van der Waals surface area (Å²) in [5, 5.41) is 1.96. The largest absolute Gasteiger partial charge is 0.109 e. The molecule has 0 spiro atoms. The van der Waals surface area contributed by atoms with Crippen LogP contribution in [0.5, 0.6) is 0 Å². The van der Waals surface area contributed by atoms with Gasteiger partial charge in [0.2, 0.25) is 0 Å². The van der Waals surface area contributed by atoms with Crippen molar-refractivity contribution in [1.82, 2.24) is 0 Å². The molecule has 0 aliphatic heterocycles. The van der Waals surface area contributed by atoms with Crippen molar-refractivity contribution in [1.29, 1.82) is 0 Å². The lowest BCUT2D eigenvalue weighted by atomic mass is 10.3. The van der Waals surface area contributed by atoms with E-state index in [-0.39, 0.29) is 0 Å². The number of rotatable bonds is 2. The third kappa shape index (κ3) is 8.95. The first kappa shape index (κ1) is 12.9. The summed E-state index contributed by atoms with van der Waals surface area (Å²) in [7, 11) is 2.20. The normalized spacial score (nSPS) is 18.2. The molecule has 12 heavy (non-hydrogen) atoms. The minimum atomic E-state index is 0.525. The van der Waals surface area contributed by atoms with Crippen LogP contribution < -0.4 is 0 Å². The van der Waals surface area contributed by atoms with Gasteiger partial charge in [-0.1, -0.05) is 48.5 Å². The zero-order chi connectivity index (χ0) is 9.99. The van der Waals surface area contributed by atoms with Crippen molar-refractivity contribution in [2.45, 2.75) is 64.2 Å². The van der Waals surface area contributed by atoms with Gasteiger partial charge in [-0.2, -0.15) is 0 Å². The number of hydrogen-bond donors (Lipinski definition) is 0. The average Bonchev–Trinajstić information content (AvgIpc) is 1.49. The number of hydrogen-bond acceptors (Lipinski definition) is 0. The van der Waals surface area contributed by atoms with Crippen LogP contribution in [0, 0.1) is 0 Å². The first-order chi connectivity index (χ1) is 5.10. The molecule has 0 saturated carbocycles. The van der Waals surface area contributed by atoms with E-state index < -0.39 is 0 Å². The Hall–Kier alpha value is 0.860. The van der Waals surface area contributed by atoms with Crippen LogP contribution in [0.15, 0.2) is 0 Å². The highest BCUT2D eigenvalue weighted by molar-refractivity contribution is 7.59. The summed E-state index contributed by atoms with van der Waals surface area (Å²) in [6, 6.07) is 0. The van der Waals surface area contributed by atoms with Gasteiger partial charge in [0.25, 0.3) is 0 Å². The van der Waals surface area contributed by atoms with Crippen LogP contribution in [-0.4, -0.2) is 15.7 Å². The summed E-state index contributed by atoms with van der Waals surface area (Å²) in [6.07, 6.45) is 0. The van der Waals surface area contributed by atoms with Gasteiger partial charge < -0.3 is 0 Å². The van der Waals surface area contributed by atoms with Gasteiger partial charge in [-0.3, -0.25) is 0 Å². The summed E-state index contributed by atoms with van der Waals surface area (Å²) in [6.45, 7) is 16.5. The van der Waals surface area contributed by atoms with E-state index in [0.717, 1.165) is 22.6 Å². The van der Waals surface area contributed by atoms with E-state index in [2.05, 4.69) is 48.5 Å². The Bertz CT molecular complexity index is 112. The predicted molar refractivity (Wildman–Crippen MR) is 65.6 cm³/mol. The summed E-state index contributed by atoms with van der Waals surface area (Å²) < 4.78 is 0. The lowest BCUT2D eigenvalue weighted by Gasteiger charge is -2.28. The topological polar surface area (TPSA) is 0 Å². The fourth-order valence-corrected chi connectivity index (χ4v) is 6.82. The molecule has 0 saturated heterocycles. The van der Waals surface area contributed by atoms with Crippen molar-refractivity contribution in [3.8, 4) is 0 Å². The predicted octanol–water partition coefficient (Wildman–Crippen LogP) is 4.29. The third-order valence-corrected chi connectivity index (χ3v) is 4.76. The molecule has 0 aromatic rings. The molecule has 0 aromatic heterocycles. The Balaban J connectivity index is 3.83. The molecule has 74 valence electrons. The summed E-state index contributed by atoms with van der Waals surface area (Å²) in [5.74, 6) is 0. The first-order valence-electron chi connectivity index (χ1n) is 4.65. The molecular weight excluding hydrogens is 182 g/mol. The fraction of sp³-hybridized carbons (Fsp3) is 1.00. The van der Waals surface area contributed by atoms with Gasteiger partial charge in [0.15, 0.2) is 0 Å². The summed E-state index contributed by atoms with van der Waals surface area (Å²) >= 11 is 0. The van der Waals surface area contributed by atoms with E-state index in [1.807, 2.05) is 0 Å². The molecule has 0 amide bonds. The molecule has 2 heteroatoms. The smallest absolute Gasteiger partial charge is 0.00802 e. The molecule has 0 aliphatic rings. The molecule has 0 aromatic carbocycles. The minimum Gasteiger partial charge on any atom is -0.109 e. The molecule has 0 aliphatic carbocycles. The zero-order valence-corrected chi connectivity index (χ0v) is 11.6. The fourth-order valence-electron chi connectivity index (χ4n) is 1.34. The highest BCUT2D eigenvalue weighted by Gasteiger charge is 2.19. The van der Waals surface area contributed by atoms with Crippen LogP contribution in [-0.2, 0) is 0 Å². The molecule has 0 rings (SSSR count). The molecule has 0 radical (unpaired) electrons. The van der Waals surface area contributed by atoms with Crippen LogP contribution >= 0.6 is 17.2 Å². The van der Waals surface area contributed by atoms with E-state index >= 15 is 0 Å². The van der Waals surface area contributed by atoms with Crippen molar-refractivity contribution >= 4 is 17.2 Å². The average molecular weight is 206 g/mol. The Morgan fingerprint density at radius 2 is 1.00 bits per heavy atom. The van der Waals surface area contributed by atoms with Crippen molar-refractivity contribution in [2.75, 3.05) is 0 Å². The second-order valence-electron chi connectivity index (χ2n) is 5.51. The Morgan fingerprint density at radius 3 is 1.17 bits per heavy atom. The zero-order valence-electron chi connectivity index (χ0n) is 9.58. The van der Waals surface area contributed by atoms with Crippen molar-refractivity contribution in [2.24, 2.45) is 0 Å². The van der Waals surface area contributed by atoms with E-state index in [0.29, 0.717) is 10.3 Å². The highest BCUT2D eigenvalue weighted by Crippen LogP contribution is 2.48. The quantitative estimate of drug-likeness (QED) is 0.591. The second-order valence-corrected chi connectivity index (χ2v) is 11.4. The van der Waals surface area contributed by atoms with Crippen molar-refractivity contribution < 1.29 is 0 Å². The van der Waals surface area contributed by atoms with Gasteiger partial charge in [0, 0.05) is 0 Å². The monoisotopic (exact) mass is 206 g/mol. The molecule has 0 nitrogen and oxygen atoms in total. The summed E-state index contributed by atoms with van der Waals surface area (Å²) in [4.78, 5) is 0. The van der Waals surface area contributed by atoms with Gasteiger partial charge >= 0.3 is 0 Å². The maximum Gasteiger partial charge on any atom is -0.00802 e. The van der Waals surface area contributed by atoms with Crippen LogP contribution in [0.25, 0.3) is 0 Å². The lowest BCUT2D eigenvalue weighted by molar-refractivity contribution is 0.780. The van der Waals surface area contributed by atoms with E-state index in [9.17, 15) is 0 Å². The molecule has 2 atom stereocenters. The van der Waals surface area contributed by atoms with Gasteiger partial charge in [-0.25, -0.2) is 0 Å². The van der Waals surface area contributed by atoms with E-state index in [4.69, 9.17) is 0 Å². The van der Waals surface area contributed by atoms with Crippen LogP contribution in [0.2, 0.25) is 0 Å². The lowest BCUT2D eigenvalue weighted by Crippen LogP contribution is -2.13. The van der Waals surface area contributed by atoms with Crippen molar-refractivity contribution in [3.05, 3.63) is 0 Å². The standard InChI is InChI=1S/C10H24P2/c1-8(11-9(2,3)4)12-10(5,6)7/h8,11-12H,1-7H3. The highest BCUT2D eigenvalue weighted by atomic mass is 31.1. The van der Waals surface area contributed by atoms with Crippen molar-refractivity contribution in [3.63, 3.8) is 0 Å². The Morgan fingerprint density at radius 1 is 0.750 bits per heavy atom. The molecule has 0 N–H and O–H groups in total. The molecule has 2 unspecified atom stereocenters. The van der Waals surface area contributed by atoms with Gasteiger partial charge in [-0.05, 0) is 15.7 Å². The molecule has 0 bridgehead atoms. The SMILES string of the molecule is CC(PC(C)(C)C)PC(C)(C)C. The third-order valence-electron chi connectivity index (χ3n) is 1.30. The van der Waals surface area contributed by atoms with Gasteiger partial charge in [0.1, 0.15) is 0 Å². The second kappa shape index (κ2) is 4.39.